The van der Waals surface area contributed by atoms with E-state index in [1.165, 1.54) is 24.3 Å². The Kier molecular flexibility index (Phi) is 3.88. The Bertz CT molecular complexity index is 568. The number of benzene rings is 1. The van der Waals surface area contributed by atoms with Gasteiger partial charge in [0.25, 0.3) is 5.91 Å². The van der Waals surface area contributed by atoms with Crippen LogP contribution in [0.25, 0.3) is 0 Å². The maximum atomic E-state index is 12.2. The molecule has 19 heavy (non-hydrogen) atoms. The lowest BCUT2D eigenvalue weighted by Gasteiger charge is -2.31. The number of sulfonamides is 1. The molecule has 2 N–H and O–H groups in total. The number of nitrogens with two attached hydrogens (primary N) is 1. The number of carbonyl (C=O) groups is 1. The average Bonchev–Trinajstić information content (AvgIpc) is 2.37. The van der Waals surface area contributed by atoms with Gasteiger partial charge in [0.15, 0.2) is 0 Å². The van der Waals surface area contributed by atoms with Gasteiger partial charge in [0.2, 0.25) is 10.0 Å². The van der Waals surface area contributed by atoms with Crippen LogP contribution in [0.3, 0.4) is 0 Å². The SMILES string of the molecule is CC1CN(C(=O)c2ccc(S(N)(=O)=O)cc2)CCO1. The van der Waals surface area contributed by atoms with Gasteiger partial charge in [0.05, 0.1) is 17.6 Å². The molecule has 0 aromatic heterocycles. The Balaban J connectivity index is 2.16. The first-order chi connectivity index (χ1) is 8.88. The van der Waals surface area contributed by atoms with Crippen molar-refractivity contribution in [1.82, 2.24) is 4.90 Å². The Morgan fingerprint density at radius 1 is 1.37 bits per heavy atom. The van der Waals surface area contributed by atoms with Crippen LogP contribution in [0.2, 0.25) is 0 Å². The fourth-order valence-corrected chi connectivity index (χ4v) is 2.49. The van der Waals surface area contributed by atoms with E-state index in [-0.39, 0.29) is 16.9 Å². The van der Waals surface area contributed by atoms with Gasteiger partial charge in [-0.25, -0.2) is 13.6 Å². The van der Waals surface area contributed by atoms with Gasteiger partial charge >= 0.3 is 0 Å². The Morgan fingerprint density at radius 2 is 2.00 bits per heavy atom. The molecule has 6 nitrogen and oxygen atoms in total. The number of rotatable bonds is 2. The van der Waals surface area contributed by atoms with E-state index in [1.807, 2.05) is 6.92 Å². The van der Waals surface area contributed by atoms with Crippen molar-refractivity contribution in [2.45, 2.75) is 17.9 Å². The van der Waals surface area contributed by atoms with E-state index in [4.69, 9.17) is 9.88 Å². The van der Waals surface area contributed by atoms with Crippen molar-refractivity contribution in [2.75, 3.05) is 19.7 Å². The first-order valence-corrected chi connectivity index (χ1v) is 7.46. The molecule has 1 amide bonds. The number of carbonyl (C=O) groups excluding carboxylic acids is 1. The van der Waals surface area contributed by atoms with E-state index < -0.39 is 10.0 Å². The van der Waals surface area contributed by atoms with Crippen LogP contribution in [-0.4, -0.2) is 45.0 Å². The predicted octanol–water partition coefficient (Wildman–Crippen LogP) is 0.195. The molecule has 7 heteroatoms. The first kappa shape index (κ1) is 14.0. The average molecular weight is 284 g/mol. The maximum Gasteiger partial charge on any atom is 0.254 e. The summed E-state index contributed by atoms with van der Waals surface area (Å²) in [5, 5.41) is 5.00. The molecule has 1 atom stereocenters. The second kappa shape index (κ2) is 5.28. The molecule has 1 aromatic rings. The lowest BCUT2D eigenvalue weighted by atomic mass is 10.2. The molecule has 1 aliphatic heterocycles. The molecular weight excluding hydrogens is 268 g/mol. The topological polar surface area (TPSA) is 89.7 Å². The van der Waals surface area contributed by atoms with Crippen LogP contribution >= 0.6 is 0 Å². The third kappa shape index (κ3) is 3.31. The number of ether oxygens (including phenoxy) is 1. The first-order valence-electron chi connectivity index (χ1n) is 5.91. The lowest BCUT2D eigenvalue weighted by Crippen LogP contribution is -2.44. The van der Waals surface area contributed by atoms with Crippen molar-refractivity contribution in [2.24, 2.45) is 5.14 Å². The monoisotopic (exact) mass is 284 g/mol. The van der Waals surface area contributed by atoms with Gasteiger partial charge in [-0.15, -0.1) is 0 Å². The zero-order chi connectivity index (χ0) is 14.0. The molecule has 0 saturated carbocycles. The zero-order valence-corrected chi connectivity index (χ0v) is 11.4. The summed E-state index contributed by atoms with van der Waals surface area (Å²) >= 11 is 0. The Morgan fingerprint density at radius 3 is 2.53 bits per heavy atom. The summed E-state index contributed by atoms with van der Waals surface area (Å²) in [6.45, 7) is 3.50. The van der Waals surface area contributed by atoms with Crippen molar-refractivity contribution in [3.8, 4) is 0 Å². The molecule has 104 valence electrons. The molecule has 0 bridgehead atoms. The number of hydrogen-bond acceptors (Lipinski definition) is 4. The maximum absolute atomic E-state index is 12.2. The number of amides is 1. The number of morpholine rings is 1. The Labute approximate surface area is 112 Å². The lowest BCUT2D eigenvalue weighted by molar-refractivity contribution is -0.0124. The molecule has 1 fully saturated rings. The zero-order valence-electron chi connectivity index (χ0n) is 10.6. The quantitative estimate of drug-likeness (QED) is 0.839. The van der Waals surface area contributed by atoms with E-state index in [0.717, 1.165) is 0 Å². The minimum absolute atomic E-state index is 0.000560. The summed E-state index contributed by atoms with van der Waals surface area (Å²) in [6, 6.07) is 5.63. The summed E-state index contributed by atoms with van der Waals surface area (Å²) in [5.41, 5.74) is 0.446. The van der Waals surface area contributed by atoms with Gasteiger partial charge in [0.1, 0.15) is 0 Å². The van der Waals surface area contributed by atoms with Crippen molar-refractivity contribution in [1.29, 1.82) is 0 Å². The molecule has 1 saturated heterocycles. The highest BCUT2D eigenvalue weighted by atomic mass is 32.2. The second-order valence-electron chi connectivity index (χ2n) is 4.50. The highest BCUT2D eigenvalue weighted by Gasteiger charge is 2.22. The van der Waals surface area contributed by atoms with Gasteiger partial charge in [-0.3, -0.25) is 4.79 Å². The van der Waals surface area contributed by atoms with E-state index in [0.29, 0.717) is 25.3 Å². The summed E-state index contributed by atoms with van der Waals surface area (Å²) in [7, 11) is -3.72. The van der Waals surface area contributed by atoms with Crippen LogP contribution in [-0.2, 0) is 14.8 Å². The molecular formula is C12H16N2O4S. The molecule has 0 radical (unpaired) electrons. The minimum atomic E-state index is -3.72. The summed E-state index contributed by atoms with van der Waals surface area (Å²) in [4.78, 5) is 13.9. The summed E-state index contributed by atoms with van der Waals surface area (Å²) in [5.74, 6) is -0.129. The molecule has 2 rings (SSSR count). The largest absolute Gasteiger partial charge is 0.375 e. The smallest absolute Gasteiger partial charge is 0.254 e. The highest BCUT2D eigenvalue weighted by Crippen LogP contribution is 2.13. The van der Waals surface area contributed by atoms with E-state index in [9.17, 15) is 13.2 Å². The Hall–Kier alpha value is -1.44. The van der Waals surface area contributed by atoms with Gasteiger partial charge < -0.3 is 9.64 Å². The summed E-state index contributed by atoms with van der Waals surface area (Å²) < 4.78 is 27.6. The number of hydrogen-bond donors (Lipinski definition) is 1. The van der Waals surface area contributed by atoms with Gasteiger partial charge in [-0.05, 0) is 31.2 Å². The van der Waals surface area contributed by atoms with Crippen LogP contribution in [0.1, 0.15) is 17.3 Å². The normalized spacial score (nSPS) is 20.3. The van der Waals surface area contributed by atoms with Crippen molar-refractivity contribution in [3.05, 3.63) is 29.8 Å². The molecule has 1 unspecified atom stereocenters. The second-order valence-corrected chi connectivity index (χ2v) is 6.06. The van der Waals surface area contributed by atoms with Crippen molar-refractivity contribution < 1.29 is 17.9 Å². The van der Waals surface area contributed by atoms with Gasteiger partial charge in [-0.2, -0.15) is 0 Å². The third-order valence-electron chi connectivity index (χ3n) is 2.96. The van der Waals surface area contributed by atoms with Crippen LogP contribution < -0.4 is 5.14 Å². The predicted molar refractivity (Wildman–Crippen MR) is 69.1 cm³/mol. The standard InChI is InChI=1S/C12H16N2O4S/c1-9-8-14(6-7-18-9)12(15)10-2-4-11(5-3-10)19(13,16)17/h2-5,9H,6-8H2,1H3,(H2,13,16,17). The van der Waals surface area contributed by atoms with Crippen LogP contribution in [0, 0.1) is 0 Å². The molecule has 0 spiro atoms. The van der Waals surface area contributed by atoms with Crippen LogP contribution in [0.5, 0.6) is 0 Å². The van der Waals surface area contributed by atoms with Gasteiger partial charge in [0, 0.05) is 18.7 Å². The third-order valence-corrected chi connectivity index (χ3v) is 3.89. The van der Waals surface area contributed by atoms with Crippen LogP contribution in [0.4, 0.5) is 0 Å². The fourth-order valence-electron chi connectivity index (χ4n) is 1.97. The van der Waals surface area contributed by atoms with E-state index >= 15 is 0 Å². The number of nitrogens with zero attached hydrogens (tertiary/aromatic N) is 1. The van der Waals surface area contributed by atoms with Crippen molar-refractivity contribution in [3.63, 3.8) is 0 Å². The molecule has 0 aliphatic carbocycles. The highest BCUT2D eigenvalue weighted by molar-refractivity contribution is 7.89. The fraction of sp³-hybridized carbons (Fsp3) is 0.417. The van der Waals surface area contributed by atoms with Gasteiger partial charge in [-0.1, -0.05) is 0 Å². The number of primary sulfonamides is 1. The van der Waals surface area contributed by atoms with E-state index in [2.05, 4.69) is 0 Å². The summed E-state index contributed by atoms with van der Waals surface area (Å²) in [6.07, 6.45) is 0.0152. The molecule has 1 aromatic carbocycles. The van der Waals surface area contributed by atoms with E-state index in [1.54, 1.807) is 4.90 Å². The molecule has 1 heterocycles. The van der Waals surface area contributed by atoms with Crippen molar-refractivity contribution >= 4 is 15.9 Å². The molecule has 1 aliphatic rings. The van der Waals surface area contributed by atoms with Crippen LogP contribution in [0.15, 0.2) is 29.2 Å². The minimum Gasteiger partial charge on any atom is -0.375 e.